The van der Waals surface area contributed by atoms with Gasteiger partial charge in [-0.2, -0.15) is 4.98 Å². The lowest BCUT2D eigenvalue weighted by Gasteiger charge is -2.11. The van der Waals surface area contributed by atoms with E-state index in [1.54, 1.807) is 4.57 Å². The van der Waals surface area contributed by atoms with E-state index >= 15 is 0 Å². The Balaban J connectivity index is 1.62. The summed E-state index contributed by atoms with van der Waals surface area (Å²) < 4.78 is 7.14. The zero-order chi connectivity index (χ0) is 19.5. The summed E-state index contributed by atoms with van der Waals surface area (Å²) in [6.07, 6.45) is 0.853. The Morgan fingerprint density at radius 3 is 2.68 bits per heavy atom. The predicted molar refractivity (Wildman–Crippen MR) is 110 cm³/mol. The molecule has 2 aromatic heterocycles. The van der Waals surface area contributed by atoms with E-state index in [1.807, 2.05) is 62.4 Å². The Labute approximate surface area is 166 Å². The second kappa shape index (κ2) is 7.98. The molecule has 0 fully saturated rings. The van der Waals surface area contributed by atoms with Gasteiger partial charge in [-0.15, -0.1) is 0 Å². The molecule has 142 valence electrons. The lowest BCUT2D eigenvalue weighted by molar-refractivity contribution is 0.391. The second-order valence-corrected chi connectivity index (χ2v) is 7.43. The first-order valence-electron chi connectivity index (χ1n) is 9.18. The van der Waals surface area contributed by atoms with Gasteiger partial charge >= 0.3 is 0 Å². The van der Waals surface area contributed by atoms with Gasteiger partial charge in [0.05, 0.1) is 16.7 Å². The predicted octanol–water partition coefficient (Wildman–Crippen LogP) is 4.46. The normalized spacial score (nSPS) is 11.2. The van der Waals surface area contributed by atoms with Gasteiger partial charge in [0.2, 0.25) is 11.7 Å². The molecule has 2 aromatic carbocycles. The number of thioether (sulfide) groups is 1. The topological polar surface area (TPSA) is 73.8 Å². The van der Waals surface area contributed by atoms with Gasteiger partial charge < -0.3 is 4.52 Å². The Hall–Kier alpha value is -2.93. The van der Waals surface area contributed by atoms with Crippen molar-refractivity contribution in [3.63, 3.8) is 0 Å². The molecule has 0 amide bonds. The lowest BCUT2D eigenvalue weighted by Crippen LogP contribution is -2.23. The molecule has 0 saturated carbocycles. The van der Waals surface area contributed by atoms with Crippen LogP contribution in [0, 0.1) is 6.92 Å². The van der Waals surface area contributed by atoms with Crippen LogP contribution in [-0.4, -0.2) is 19.7 Å². The van der Waals surface area contributed by atoms with Crippen molar-refractivity contribution in [2.24, 2.45) is 0 Å². The lowest BCUT2D eigenvalue weighted by atomic mass is 10.1. The van der Waals surface area contributed by atoms with Gasteiger partial charge in [0.15, 0.2) is 5.16 Å². The van der Waals surface area contributed by atoms with Crippen LogP contribution in [0.5, 0.6) is 0 Å². The maximum absolute atomic E-state index is 12.8. The first kappa shape index (κ1) is 18.4. The van der Waals surface area contributed by atoms with E-state index in [-0.39, 0.29) is 5.56 Å². The number of nitrogens with zero attached hydrogens (tertiary/aromatic N) is 4. The third kappa shape index (κ3) is 3.57. The highest BCUT2D eigenvalue weighted by molar-refractivity contribution is 7.98. The van der Waals surface area contributed by atoms with Gasteiger partial charge in [0, 0.05) is 12.1 Å². The van der Waals surface area contributed by atoms with Crippen molar-refractivity contribution in [1.82, 2.24) is 19.7 Å². The van der Waals surface area contributed by atoms with E-state index < -0.39 is 0 Å². The van der Waals surface area contributed by atoms with Gasteiger partial charge in [-0.25, -0.2) is 4.98 Å². The molecule has 0 spiro atoms. The first-order valence-corrected chi connectivity index (χ1v) is 10.2. The van der Waals surface area contributed by atoms with Crippen molar-refractivity contribution in [2.75, 3.05) is 0 Å². The van der Waals surface area contributed by atoms with Crippen molar-refractivity contribution >= 4 is 22.7 Å². The van der Waals surface area contributed by atoms with Gasteiger partial charge in [-0.3, -0.25) is 9.36 Å². The van der Waals surface area contributed by atoms with Crippen LogP contribution in [0.15, 0.2) is 63.0 Å². The smallest absolute Gasteiger partial charge is 0.262 e. The molecule has 28 heavy (non-hydrogen) atoms. The zero-order valence-electron chi connectivity index (χ0n) is 15.8. The summed E-state index contributed by atoms with van der Waals surface area (Å²) in [6, 6.07) is 15.4. The van der Waals surface area contributed by atoms with Gasteiger partial charge in [-0.1, -0.05) is 60.2 Å². The number of benzene rings is 2. The summed E-state index contributed by atoms with van der Waals surface area (Å²) in [5, 5.41) is 5.40. The third-order valence-corrected chi connectivity index (χ3v) is 5.41. The summed E-state index contributed by atoms with van der Waals surface area (Å²) in [7, 11) is 0. The molecule has 2 heterocycles. The fourth-order valence-electron chi connectivity index (χ4n) is 3.05. The molecule has 0 radical (unpaired) electrons. The minimum atomic E-state index is -0.0129. The largest absolute Gasteiger partial charge is 0.338 e. The number of para-hydroxylation sites is 1. The van der Waals surface area contributed by atoms with Crippen LogP contribution in [0.3, 0.4) is 0 Å². The van der Waals surface area contributed by atoms with E-state index in [0.29, 0.717) is 40.1 Å². The minimum absolute atomic E-state index is 0.0129. The maximum Gasteiger partial charge on any atom is 0.262 e. The fourth-order valence-corrected chi connectivity index (χ4v) is 3.91. The average molecular weight is 392 g/mol. The average Bonchev–Trinajstić information content (AvgIpc) is 3.18. The number of hydrogen-bond donors (Lipinski definition) is 0. The first-order chi connectivity index (χ1) is 13.7. The van der Waals surface area contributed by atoms with E-state index in [9.17, 15) is 4.79 Å². The SMILES string of the molecule is CCCn1c(SCc2nc(-c3ccccc3C)no2)nc2ccccc2c1=O. The Morgan fingerprint density at radius 1 is 1.07 bits per heavy atom. The fraction of sp³-hybridized carbons (Fsp3) is 0.238. The van der Waals surface area contributed by atoms with E-state index in [1.165, 1.54) is 11.8 Å². The van der Waals surface area contributed by atoms with Crippen LogP contribution >= 0.6 is 11.8 Å². The monoisotopic (exact) mass is 392 g/mol. The molecule has 7 heteroatoms. The zero-order valence-corrected chi connectivity index (χ0v) is 16.6. The second-order valence-electron chi connectivity index (χ2n) is 6.48. The van der Waals surface area contributed by atoms with Crippen LogP contribution in [0.1, 0.15) is 24.8 Å². The molecule has 0 saturated heterocycles. The van der Waals surface area contributed by atoms with Gasteiger partial charge in [0.25, 0.3) is 5.56 Å². The summed E-state index contributed by atoms with van der Waals surface area (Å²) in [6.45, 7) is 4.68. The third-order valence-electron chi connectivity index (χ3n) is 4.45. The minimum Gasteiger partial charge on any atom is -0.338 e. The Bertz CT molecular complexity index is 1180. The highest BCUT2D eigenvalue weighted by Crippen LogP contribution is 2.24. The molecule has 0 atom stereocenters. The molecule has 0 aliphatic carbocycles. The number of hydrogen-bond acceptors (Lipinski definition) is 6. The van der Waals surface area contributed by atoms with Crippen LogP contribution < -0.4 is 5.56 Å². The van der Waals surface area contributed by atoms with E-state index in [4.69, 9.17) is 4.52 Å². The van der Waals surface area contributed by atoms with Crippen LogP contribution in [0.25, 0.3) is 22.3 Å². The molecule has 0 unspecified atom stereocenters. The van der Waals surface area contributed by atoms with Gasteiger partial charge in [0.1, 0.15) is 0 Å². The summed E-state index contributed by atoms with van der Waals surface area (Å²) in [5.74, 6) is 1.53. The number of fused-ring (bicyclic) bond motifs is 1. The quantitative estimate of drug-likeness (QED) is 0.356. The molecule has 6 nitrogen and oxygen atoms in total. The summed E-state index contributed by atoms with van der Waals surface area (Å²) >= 11 is 1.44. The van der Waals surface area contributed by atoms with Crippen LogP contribution in [0.4, 0.5) is 0 Å². The molecule has 4 aromatic rings. The molecule has 0 N–H and O–H groups in total. The molecule has 4 rings (SSSR count). The summed E-state index contributed by atoms with van der Waals surface area (Å²) in [5.41, 5.74) is 2.74. The standard InChI is InChI=1S/C21H20N4O2S/c1-3-12-25-20(26)16-10-6-7-11-17(16)22-21(25)28-13-18-23-19(24-27-18)15-9-5-4-8-14(15)2/h4-11H,3,12-13H2,1-2H3. The molecule has 0 aliphatic rings. The van der Waals surface area contributed by atoms with Crippen molar-refractivity contribution < 1.29 is 4.52 Å². The number of aromatic nitrogens is 4. The van der Waals surface area contributed by atoms with E-state index in [0.717, 1.165) is 17.5 Å². The highest BCUT2D eigenvalue weighted by Gasteiger charge is 2.14. The highest BCUT2D eigenvalue weighted by atomic mass is 32.2. The van der Waals surface area contributed by atoms with Gasteiger partial charge in [-0.05, 0) is 31.0 Å². The van der Waals surface area contributed by atoms with Crippen molar-refractivity contribution in [1.29, 1.82) is 0 Å². The molecule has 0 aliphatic heterocycles. The van der Waals surface area contributed by atoms with Crippen LogP contribution in [-0.2, 0) is 12.3 Å². The van der Waals surface area contributed by atoms with Crippen LogP contribution in [0.2, 0.25) is 0 Å². The maximum atomic E-state index is 12.8. The Kier molecular flexibility index (Phi) is 5.25. The molecule has 0 bridgehead atoms. The van der Waals surface area contributed by atoms with Crippen molar-refractivity contribution in [3.05, 3.63) is 70.3 Å². The van der Waals surface area contributed by atoms with E-state index in [2.05, 4.69) is 15.1 Å². The van der Waals surface area contributed by atoms with Crippen molar-refractivity contribution in [2.45, 2.75) is 37.7 Å². The summed E-state index contributed by atoms with van der Waals surface area (Å²) in [4.78, 5) is 22.0. The number of rotatable bonds is 6. The number of aryl methyl sites for hydroxylation is 1. The molecular weight excluding hydrogens is 372 g/mol. The molecular formula is C21H20N4O2S. The Morgan fingerprint density at radius 2 is 1.86 bits per heavy atom. The van der Waals surface area contributed by atoms with Crippen molar-refractivity contribution in [3.8, 4) is 11.4 Å².